The molecule has 1 aliphatic heterocycles. The molecule has 0 spiro atoms. The molecule has 18 heteroatoms. The van der Waals surface area contributed by atoms with E-state index in [1.54, 1.807) is 32.0 Å². The first-order valence-electron chi connectivity index (χ1n) is 21.1. The molecule has 6 atom stereocenters. The van der Waals surface area contributed by atoms with Gasteiger partial charge in [-0.1, -0.05) is 84.9 Å². The first kappa shape index (κ1) is 53.3. The number of thioether (sulfide) groups is 1. The van der Waals surface area contributed by atoms with Crippen LogP contribution in [0.4, 0.5) is 0 Å². The van der Waals surface area contributed by atoms with E-state index in [0.717, 1.165) is 22.2 Å². The van der Waals surface area contributed by atoms with Gasteiger partial charge in [0.2, 0.25) is 35.4 Å². The maximum atomic E-state index is 14.2. The van der Waals surface area contributed by atoms with Crippen LogP contribution in [0, 0.1) is 11.3 Å². The second-order valence-electron chi connectivity index (χ2n) is 17.8. The number of unbranched alkanes of at least 4 members (excludes halogenated alkanes) is 1. The van der Waals surface area contributed by atoms with Crippen molar-refractivity contribution in [2.24, 2.45) is 17.1 Å². The second-order valence-corrected chi connectivity index (χ2v) is 19.1. The van der Waals surface area contributed by atoms with Gasteiger partial charge in [0.05, 0.1) is 17.3 Å². The number of carbonyl (C=O) groups is 8. The van der Waals surface area contributed by atoms with Gasteiger partial charge in [-0.3, -0.25) is 38.5 Å². The van der Waals surface area contributed by atoms with E-state index >= 15 is 0 Å². The van der Waals surface area contributed by atoms with Crippen molar-refractivity contribution in [3.05, 3.63) is 47.5 Å². The molecule has 2 unspecified atom stereocenters. The van der Waals surface area contributed by atoms with Gasteiger partial charge in [-0.25, -0.2) is 4.79 Å². The zero-order valence-electron chi connectivity index (χ0n) is 37.9. The smallest absolute Gasteiger partial charge is 0.326 e. The summed E-state index contributed by atoms with van der Waals surface area (Å²) in [5.74, 6) is -5.01. The summed E-state index contributed by atoms with van der Waals surface area (Å²) in [6.07, 6.45) is 2.50. The Morgan fingerprint density at radius 1 is 0.952 bits per heavy atom. The Kier molecular flexibility index (Phi) is 20.8. The summed E-state index contributed by atoms with van der Waals surface area (Å²) < 4.78 is 0. The summed E-state index contributed by atoms with van der Waals surface area (Å²) in [5.41, 5.74) is 5.58. The van der Waals surface area contributed by atoms with Crippen LogP contribution in [0.1, 0.15) is 99.5 Å². The van der Waals surface area contributed by atoms with Crippen LogP contribution >= 0.6 is 11.8 Å². The van der Waals surface area contributed by atoms with Crippen LogP contribution < -0.4 is 27.0 Å². The molecule has 1 heterocycles. The highest BCUT2D eigenvalue weighted by atomic mass is 32.2. The quantitative estimate of drug-likeness (QED) is 0.0424. The van der Waals surface area contributed by atoms with Gasteiger partial charge in [0.15, 0.2) is 0 Å². The predicted molar refractivity (Wildman–Crippen MR) is 238 cm³/mol. The van der Waals surface area contributed by atoms with Crippen LogP contribution in [0.5, 0.6) is 0 Å². The van der Waals surface area contributed by atoms with Crippen LogP contribution in [-0.4, -0.2) is 136 Å². The van der Waals surface area contributed by atoms with Gasteiger partial charge < -0.3 is 42.1 Å². The van der Waals surface area contributed by atoms with Crippen LogP contribution in [0.15, 0.2) is 42.0 Å². The summed E-state index contributed by atoms with van der Waals surface area (Å²) in [6.45, 7) is 15.3. The molecule has 0 aliphatic carbocycles. The van der Waals surface area contributed by atoms with Gasteiger partial charge in [0.1, 0.15) is 18.1 Å². The largest absolute Gasteiger partial charge is 0.480 e. The van der Waals surface area contributed by atoms with Crippen molar-refractivity contribution in [1.82, 2.24) is 31.1 Å². The maximum Gasteiger partial charge on any atom is 0.326 e. The minimum atomic E-state index is -1.23. The minimum Gasteiger partial charge on any atom is -0.480 e. The molecule has 1 aromatic carbocycles. The van der Waals surface area contributed by atoms with Gasteiger partial charge in [0, 0.05) is 49.7 Å². The lowest BCUT2D eigenvalue weighted by Gasteiger charge is -2.40. The number of hydrogen-bond donors (Lipinski definition) is 7. The summed E-state index contributed by atoms with van der Waals surface area (Å²) in [7, 11) is 3.38. The number of rotatable bonds is 25. The van der Waals surface area contributed by atoms with E-state index in [0.29, 0.717) is 18.4 Å². The minimum absolute atomic E-state index is 0.0368. The molecular weight excluding hydrogens is 819 g/mol. The van der Waals surface area contributed by atoms with Gasteiger partial charge in [-0.15, -0.1) is 11.8 Å². The monoisotopic (exact) mass is 887 g/mol. The van der Waals surface area contributed by atoms with Crippen molar-refractivity contribution in [3.8, 4) is 0 Å². The zero-order valence-corrected chi connectivity index (χ0v) is 38.7. The van der Waals surface area contributed by atoms with Crippen molar-refractivity contribution in [2.45, 2.75) is 135 Å². The Bertz CT molecular complexity index is 1780. The Morgan fingerprint density at radius 3 is 2.13 bits per heavy atom. The lowest BCUT2D eigenvalue weighted by Crippen LogP contribution is -2.61. The molecule has 1 aromatic rings. The van der Waals surface area contributed by atoms with Crippen LogP contribution in [0.2, 0.25) is 0 Å². The van der Waals surface area contributed by atoms with Crippen LogP contribution in [0.3, 0.4) is 0 Å². The topological polar surface area (TPSA) is 258 Å². The average molecular weight is 888 g/mol. The Hall–Kier alpha value is -4.81. The Morgan fingerprint density at radius 2 is 1.58 bits per heavy atom. The molecule has 346 valence electrons. The SMILES string of the molecule is CN[C@H](C(=O)NC(C(=O)N(C)[C@H](/C=C(\C)C(=O)NCCCC[C@@H](NC(=O)CCCN1C(=O)CC(SC[C@H](N)C(=O)O)C1=O)C(=O)O)C(C)C)C(C)(C)C)C(C)(C)c1ccccc1. The van der Waals surface area contributed by atoms with Gasteiger partial charge in [-0.2, -0.15) is 0 Å². The number of likely N-dealkylation sites (tertiary alicyclic amines) is 1. The highest BCUT2D eigenvalue weighted by molar-refractivity contribution is 8.00. The summed E-state index contributed by atoms with van der Waals surface area (Å²) >= 11 is 0.997. The summed E-state index contributed by atoms with van der Waals surface area (Å²) in [5, 5.41) is 29.4. The molecule has 0 saturated carbocycles. The van der Waals surface area contributed by atoms with Crippen LogP contribution in [-0.2, 0) is 43.8 Å². The number of carboxylic acid groups (broad SMARTS) is 2. The highest BCUT2D eigenvalue weighted by Gasteiger charge is 2.42. The number of hydrogen-bond acceptors (Lipinski definition) is 11. The fourth-order valence-corrected chi connectivity index (χ4v) is 8.32. The normalized spacial score (nSPS) is 17.2. The number of nitrogens with two attached hydrogens (primary N) is 1. The predicted octanol–water partition coefficient (Wildman–Crippen LogP) is 2.42. The summed E-state index contributed by atoms with van der Waals surface area (Å²) in [4.78, 5) is 104. The molecule has 0 bridgehead atoms. The molecule has 1 saturated heterocycles. The molecule has 8 N–H and O–H groups in total. The summed E-state index contributed by atoms with van der Waals surface area (Å²) in [6, 6.07) is 5.32. The molecule has 2 rings (SSSR count). The molecule has 62 heavy (non-hydrogen) atoms. The van der Waals surface area contributed by atoms with E-state index < -0.39 is 75.9 Å². The molecule has 6 amide bonds. The number of carbonyl (C=O) groups excluding carboxylic acids is 6. The van der Waals surface area contributed by atoms with Crippen molar-refractivity contribution >= 4 is 59.1 Å². The molecule has 0 aromatic heterocycles. The van der Waals surface area contributed by atoms with Gasteiger partial charge >= 0.3 is 11.9 Å². The number of carboxylic acids is 2. The van der Waals surface area contributed by atoms with Crippen molar-refractivity contribution in [3.63, 3.8) is 0 Å². The van der Waals surface area contributed by atoms with Crippen molar-refractivity contribution in [2.75, 3.05) is 32.9 Å². The fraction of sp³-hybridized carbons (Fsp3) is 0.636. The number of nitrogens with zero attached hydrogens (tertiary/aromatic N) is 2. The first-order valence-corrected chi connectivity index (χ1v) is 22.1. The first-order chi connectivity index (χ1) is 28.8. The number of amides is 6. The van der Waals surface area contributed by atoms with Gasteiger partial charge in [-0.05, 0) is 56.6 Å². The molecule has 1 fully saturated rings. The van der Waals surface area contributed by atoms with E-state index in [-0.39, 0.29) is 68.2 Å². The third-order valence-electron chi connectivity index (χ3n) is 11.1. The van der Waals surface area contributed by atoms with Gasteiger partial charge in [0.25, 0.3) is 0 Å². The number of imide groups is 1. The number of nitrogens with one attached hydrogen (secondary N) is 4. The number of aliphatic carboxylic acids is 2. The molecule has 17 nitrogen and oxygen atoms in total. The third kappa shape index (κ3) is 15.5. The van der Waals surface area contributed by atoms with E-state index in [9.17, 15) is 43.5 Å². The lowest BCUT2D eigenvalue weighted by atomic mass is 9.76. The zero-order chi connectivity index (χ0) is 47.1. The molecule has 0 radical (unpaired) electrons. The van der Waals surface area contributed by atoms with Crippen molar-refractivity contribution < 1.29 is 48.6 Å². The van der Waals surface area contributed by atoms with E-state index in [2.05, 4.69) is 21.3 Å². The molecular formula is C44H69N7O10S. The molecule has 1 aliphatic rings. The lowest BCUT2D eigenvalue weighted by molar-refractivity contribution is -0.142. The number of benzene rings is 1. The average Bonchev–Trinajstić information content (AvgIpc) is 3.47. The highest BCUT2D eigenvalue weighted by Crippen LogP contribution is 2.29. The second kappa shape index (κ2) is 24.1. The van der Waals surface area contributed by atoms with Crippen molar-refractivity contribution in [1.29, 1.82) is 0 Å². The van der Waals surface area contributed by atoms with E-state index in [1.807, 2.05) is 78.8 Å². The van der Waals surface area contributed by atoms with E-state index in [1.165, 1.54) is 0 Å². The third-order valence-corrected chi connectivity index (χ3v) is 12.4. The Labute approximate surface area is 370 Å². The van der Waals surface area contributed by atoms with E-state index in [4.69, 9.17) is 10.8 Å². The number of likely N-dealkylation sites (N-methyl/N-ethyl adjacent to an activating group) is 2. The Balaban J connectivity index is 1.93. The standard InChI is InChI=1S/C44H69N7O10S/c1-26(2)31(50(10)40(57)36(43(4,5)6)49-38(55)35(46-9)44(7,8)28-17-12-11-13-18-28)23-27(3)37(54)47-21-15-14-19-30(42(60)61)48-33(52)20-16-22-51-34(53)24-32(39(51)56)62-25-29(45)41(58)59/h11-13,17-18,23,26,29-32,35-36,46H,14-16,19-22,24-25,45H2,1-10H3,(H,47,54)(H,48,52)(H,49,55)(H,58,59)(H,60,61)/b27-23+/t29-,30+,31+,32?,35+,36?/m0/s1. The maximum absolute atomic E-state index is 14.2. The fourth-order valence-electron chi connectivity index (χ4n) is 7.21. The van der Waals surface area contributed by atoms with Crippen LogP contribution in [0.25, 0.3) is 0 Å².